The number of rotatable bonds is 13. The molecule has 3 aromatic heterocycles. The summed E-state index contributed by atoms with van der Waals surface area (Å²) in [5.41, 5.74) is 2.37. The van der Waals surface area contributed by atoms with E-state index in [1.807, 2.05) is 24.4 Å². The summed E-state index contributed by atoms with van der Waals surface area (Å²) in [6, 6.07) is 11.0. The molecule has 6 rings (SSSR count). The molecule has 234 valence electrons. The van der Waals surface area contributed by atoms with E-state index in [4.69, 9.17) is 19.4 Å². The van der Waals surface area contributed by atoms with Gasteiger partial charge >= 0.3 is 5.69 Å². The first-order valence-corrected chi connectivity index (χ1v) is 15.8. The van der Waals surface area contributed by atoms with Gasteiger partial charge in [0.1, 0.15) is 18.2 Å². The fraction of sp³-hybridized carbons (Fsp3) is 0.594. The van der Waals surface area contributed by atoms with E-state index in [1.165, 1.54) is 12.8 Å². The molecule has 1 aliphatic heterocycles. The van der Waals surface area contributed by atoms with Crippen molar-refractivity contribution in [2.75, 3.05) is 43.5 Å². The Labute approximate surface area is 257 Å². The molecule has 1 saturated heterocycles. The third kappa shape index (κ3) is 7.64. The fourth-order valence-corrected chi connectivity index (χ4v) is 6.23. The molecule has 3 aliphatic rings. The Morgan fingerprint density at radius 2 is 1.95 bits per heavy atom. The van der Waals surface area contributed by atoms with Crippen molar-refractivity contribution in [1.82, 2.24) is 30.5 Å². The molecule has 2 saturated carbocycles. The van der Waals surface area contributed by atoms with Crippen molar-refractivity contribution in [2.45, 2.75) is 76.5 Å². The number of aromatic nitrogens is 5. The zero-order chi connectivity index (χ0) is 30.4. The van der Waals surface area contributed by atoms with Crippen LogP contribution in [0.1, 0.15) is 62.8 Å². The minimum Gasteiger partial charge on any atom is -0.381 e. The van der Waals surface area contributed by atoms with Gasteiger partial charge in [-0.15, -0.1) is 0 Å². The van der Waals surface area contributed by atoms with Gasteiger partial charge in [-0.1, -0.05) is 6.07 Å². The maximum Gasteiger partial charge on any atom is 0.340 e. The van der Waals surface area contributed by atoms with Crippen LogP contribution in [0.25, 0.3) is 11.3 Å². The van der Waals surface area contributed by atoms with Gasteiger partial charge in [0, 0.05) is 43.1 Å². The van der Waals surface area contributed by atoms with E-state index in [0.29, 0.717) is 50.8 Å². The summed E-state index contributed by atoms with van der Waals surface area (Å²) in [6.45, 7) is 5.82. The molecule has 0 unspecified atom stereocenters. The molecule has 2 aliphatic carbocycles. The van der Waals surface area contributed by atoms with Crippen molar-refractivity contribution in [3.63, 3.8) is 0 Å². The molecule has 12 heteroatoms. The summed E-state index contributed by atoms with van der Waals surface area (Å²) in [4.78, 5) is 23.4. The normalized spacial score (nSPS) is 22.2. The lowest BCUT2D eigenvalue weighted by molar-refractivity contribution is 0.0455. The summed E-state index contributed by atoms with van der Waals surface area (Å²) in [7, 11) is 0. The zero-order valence-electron chi connectivity index (χ0n) is 25.5. The van der Waals surface area contributed by atoms with Gasteiger partial charge < -0.3 is 25.4 Å². The number of pyridine rings is 2. The Morgan fingerprint density at radius 1 is 1.14 bits per heavy atom. The van der Waals surface area contributed by atoms with Crippen LogP contribution in [0.4, 0.5) is 11.6 Å². The number of nitrogens with one attached hydrogen (secondary N) is 5. The standard InChI is InChI=1S/C32H43N9O3/c1-22-16-34-28(15-25(22)26-3-2-4-27(38-26)35-20-31(19-33)11-13-43-14-12-31)37-24-7-5-23(6-8-24)17-36-32(9-10-32)21-44-18-29-39-30(42)41-40-29/h2-4,15-16,23-24,36H,5-14,17-18,20-21H2,1H3,(H,34,37)(H,35,38)(H2,39,40,41,42). The Morgan fingerprint density at radius 3 is 2.68 bits per heavy atom. The van der Waals surface area contributed by atoms with Crippen LogP contribution in [-0.4, -0.2) is 69.6 Å². The highest BCUT2D eigenvalue weighted by molar-refractivity contribution is 5.68. The van der Waals surface area contributed by atoms with Gasteiger partial charge in [0.2, 0.25) is 0 Å². The quantitative estimate of drug-likeness (QED) is 0.194. The topological polar surface area (TPSA) is 166 Å². The molecule has 3 fully saturated rings. The van der Waals surface area contributed by atoms with Crippen LogP contribution in [0.3, 0.4) is 0 Å². The van der Waals surface area contributed by atoms with Gasteiger partial charge in [-0.05, 0) is 94.5 Å². The number of nitrogens with zero attached hydrogens (tertiary/aromatic N) is 4. The van der Waals surface area contributed by atoms with E-state index in [0.717, 1.165) is 73.5 Å². The van der Waals surface area contributed by atoms with Crippen LogP contribution >= 0.6 is 0 Å². The average Bonchev–Trinajstić information content (AvgIpc) is 3.71. The smallest absolute Gasteiger partial charge is 0.340 e. The lowest BCUT2D eigenvalue weighted by Gasteiger charge is -2.31. The van der Waals surface area contributed by atoms with Crippen molar-refractivity contribution >= 4 is 11.6 Å². The van der Waals surface area contributed by atoms with Gasteiger partial charge in [0.05, 0.1) is 23.8 Å². The molecular weight excluding hydrogens is 558 g/mol. The largest absolute Gasteiger partial charge is 0.381 e. The minimum atomic E-state index is -0.410. The lowest BCUT2D eigenvalue weighted by atomic mass is 9.82. The van der Waals surface area contributed by atoms with Gasteiger partial charge in [0.25, 0.3) is 0 Å². The summed E-state index contributed by atoms with van der Waals surface area (Å²) < 4.78 is 11.3. The van der Waals surface area contributed by atoms with E-state index in [2.05, 4.69) is 50.2 Å². The molecule has 0 spiro atoms. The third-order valence-corrected chi connectivity index (χ3v) is 9.41. The van der Waals surface area contributed by atoms with E-state index in [9.17, 15) is 10.1 Å². The van der Waals surface area contributed by atoms with Gasteiger partial charge in [-0.3, -0.25) is 4.98 Å². The van der Waals surface area contributed by atoms with Gasteiger partial charge in [0.15, 0.2) is 5.82 Å². The van der Waals surface area contributed by atoms with Crippen LogP contribution in [-0.2, 0) is 16.1 Å². The number of H-pyrrole nitrogens is 2. The average molecular weight is 602 g/mol. The van der Waals surface area contributed by atoms with E-state index < -0.39 is 5.41 Å². The van der Waals surface area contributed by atoms with Crippen molar-refractivity contribution in [3.8, 4) is 17.3 Å². The highest BCUT2D eigenvalue weighted by Crippen LogP contribution is 2.37. The van der Waals surface area contributed by atoms with E-state index >= 15 is 0 Å². The number of nitriles is 1. The number of ether oxygens (including phenoxy) is 2. The van der Waals surface area contributed by atoms with Crippen molar-refractivity contribution < 1.29 is 9.47 Å². The molecule has 44 heavy (non-hydrogen) atoms. The monoisotopic (exact) mass is 601 g/mol. The molecule has 4 heterocycles. The maximum atomic E-state index is 11.2. The summed E-state index contributed by atoms with van der Waals surface area (Å²) in [5.74, 6) is 2.83. The number of hydrogen-bond acceptors (Lipinski definition) is 10. The first-order chi connectivity index (χ1) is 21.4. The van der Waals surface area contributed by atoms with Crippen molar-refractivity contribution in [3.05, 3.63) is 52.3 Å². The number of hydrogen-bond donors (Lipinski definition) is 5. The highest BCUT2D eigenvalue weighted by atomic mass is 16.5. The summed E-state index contributed by atoms with van der Waals surface area (Å²) in [5, 5.41) is 26.9. The molecule has 0 atom stereocenters. The SMILES string of the molecule is Cc1cnc(NC2CCC(CNC3(COCc4n[nH]c(=O)[nH]4)CC3)CC2)cc1-c1cccc(NCC2(C#N)CCOCC2)n1. The second kappa shape index (κ2) is 13.5. The molecule has 0 bridgehead atoms. The Kier molecular flexibility index (Phi) is 9.25. The predicted octanol–water partition coefficient (Wildman–Crippen LogP) is 3.91. The Hall–Kier alpha value is -3.79. The minimum absolute atomic E-state index is 0.0662. The number of aryl methyl sites for hydroxylation is 1. The molecule has 0 radical (unpaired) electrons. The molecule has 0 amide bonds. The summed E-state index contributed by atoms with van der Waals surface area (Å²) in [6.07, 6.45) is 10.2. The van der Waals surface area contributed by atoms with Crippen LogP contribution < -0.4 is 21.6 Å². The third-order valence-electron chi connectivity index (χ3n) is 9.41. The van der Waals surface area contributed by atoms with Gasteiger partial charge in [-0.25, -0.2) is 19.9 Å². The van der Waals surface area contributed by atoms with Crippen molar-refractivity contribution in [1.29, 1.82) is 5.26 Å². The summed E-state index contributed by atoms with van der Waals surface area (Å²) >= 11 is 0. The van der Waals surface area contributed by atoms with E-state index in [-0.39, 0.29) is 11.2 Å². The first-order valence-electron chi connectivity index (χ1n) is 15.8. The van der Waals surface area contributed by atoms with Crippen molar-refractivity contribution in [2.24, 2.45) is 11.3 Å². The predicted molar refractivity (Wildman–Crippen MR) is 167 cm³/mol. The lowest BCUT2D eigenvalue weighted by Crippen LogP contribution is -2.40. The second-order valence-electron chi connectivity index (χ2n) is 12.8. The zero-order valence-corrected chi connectivity index (χ0v) is 25.5. The molecule has 5 N–H and O–H groups in total. The van der Waals surface area contributed by atoms with Gasteiger partial charge in [-0.2, -0.15) is 10.4 Å². The van der Waals surface area contributed by atoms with E-state index in [1.54, 1.807) is 0 Å². The van der Waals surface area contributed by atoms with Crippen LogP contribution in [0.2, 0.25) is 0 Å². The van der Waals surface area contributed by atoms with Crippen LogP contribution in [0.5, 0.6) is 0 Å². The fourth-order valence-electron chi connectivity index (χ4n) is 6.23. The highest BCUT2D eigenvalue weighted by Gasteiger charge is 2.43. The Balaban J connectivity index is 0.973. The maximum absolute atomic E-state index is 11.2. The van der Waals surface area contributed by atoms with Crippen LogP contribution in [0, 0.1) is 29.6 Å². The second-order valence-corrected chi connectivity index (χ2v) is 12.8. The van der Waals surface area contributed by atoms with Crippen LogP contribution in [0.15, 0.2) is 35.3 Å². The molecule has 0 aromatic carbocycles. The molecular formula is C32H43N9O3. The Bertz CT molecular complexity index is 1490. The number of aromatic amines is 2. The molecule has 12 nitrogen and oxygen atoms in total. The first kappa shape index (κ1) is 30.2. The number of anilines is 2. The molecule has 3 aromatic rings.